The zero-order chi connectivity index (χ0) is 14.4. The molecule has 1 rings (SSSR count). The van der Waals surface area contributed by atoms with Gasteiger partial charge in [-0.15, -0.1) is 0 Å². The van der Waals surface area contributed by atoms with Crippen LogP contribution in [0.3, 0.4) is 0 Å². The summed E-state index contributed by atoms with van der Waals surface area (Å²) < 4.78 is 31.7. The number of hydrogen-bond donors (Lipinski definition) is 3. The number of nitriles is 1. The number of anilines is 1. The normalized spacial score (nSPS) is 10.7. The van der Waals surface area contributed by atoms with Crippen LogP contribution < -0.4 is 15.9 Å². The summed E-state index contributed by atoms with van der Waals surface area (Å²) in [4.78, 5) is 0. The Balaban J connectivity index is 2.99. The Labute approximate surface area is 108 Å². The van der Waals surface area contributed by atoms with Crippen LogP contribution in [0.4, 0.5) is 14.5 Å². The van der Waals surface area contributed by atoms with Gasteiger partial charge in [0, 0.05) is 12.1 Å². The fourth-order valence-corrected chi connectivity index (χ4v) is 1.17. The summed E-state index contributed by atoms with van der Waals surface area (Å²) in [6.07, 6.45) is 0. The first kappa shape index (κ1) is 14.4. The predicted octanol–water partition coefficient (Wildman–Crippen LogP) is 1.59. The SMILES string of the molecule is CCOc1c(F)cc(N/N=C(\C#N)C(=N)N)cc1F. The van der Waals surface area contributed by atoms with Crippen molar-refractivity contribution in [3.63, 3.8) is 0 Å². The van der Waals surface area contributed by atoms with E-state index < -0.39 is 28.9 Å². The number of halogens is 2. The lowest BCUT2D eigenvalue weighted by molar-refractivity contribution is 0.303. The predicted molar refractivity (Wildman–Crippen MR) is 66.1 cm³/mol. The van der Waals surface area contributed by atoms with Crippen LogP contribution in [0, 0.1) is 28.4 Å². The van der Waals surface area contributed by atoms with Crippen molar-refractivity contribution in [1.82, 2.24) is 0 Å². The Hall–Kier alpha value is -2.69. The lowest BCUT2D eigenvalue weighted by atomic mass is 10.3. The number of nitrogens with zero attached hydrogens (tertiary/aromatic N) is 2. The van der Waals surface area contributed by atoms with Gasteiger partial charge in [-0.05, 0) is 6.92 Å². The van der Waals surface area contributed by atoms with Crippen LogP contribution in [0.1, 0.15) is 6.92 Å². The lowest BCUT2D eigenvalue weighted by Crippen LogP contribution is -2.21. The minimum Gasteiger partial charge on any atom is -0.488 e. The Kier molecular flexibility index (Phi) is 4.76. The highest BCUT2D eigenvalue weighted by Crippen LogP contribution is 2.25. The van der Waals surface area contributed by atoms with Gasteiger partial charge in [-0.25, -0.2) is 8.78 Å². The zero-order valence-electron chi connectivity index (χ0n) is 10.00. The average molecular weight is 267 g/mol. The van der Waals surface area contributed by atoms with Gasteiger partial charge in [-0.2, -0.15) is 10.4 Å². The third kappa shape index (κ3) is 3.64. The molecule has 8 heteroatoms. The van der Waals surface area contributed by atoms with E-state index in [0.29, 0.717) is 0 Å². The summed E-state index contributed by atoms with van der Waals surface area (Å²) in [6, 6.07) is 3.46. The molecule has 100 valence electrons. The van der Waals surface area contributed by atoms with Crippen molar-refractivity contribution in [2.45, 2.75) is 6.92 Å². The maximum Gasteiger partial charge on any atom is 0.201 e. The van der Waals surface area contributed by atoms with E-state index in [4.69, 9.17) is 21.1 Å². The second-order valence-corrected chi connectivity index (χ2v) is 3.30. The number of nitrogens with two attached hydrogens (primary N) is 1. The molecule has 0 spiro atoms. The van der Waals surface area contributed by atoms with Gasteiger partial charge in [-0.1, -0.05) is 0 Å². The van der Waals surface area contributed by atoms with Crippen LogP contribution in [-0.4, -0.2) is 18.2 Å². The van der Waals surface area contributed by atoms with Gasteiger partial charge in [0.15, 0.2) is 23.2 Å². The first-order valence-electron chi connectivity index (χ1n) is 5.19. The molecule has 0 aliphatic heterocycles. The number of nitrogens with one attached hydrogen (secondary N) is 2. The third-order valence-corrected chi connectivity index (χ3v) is 1.94. The van der Waals surface area contributed by atoms with Crippen molar-refractivity contribution in [3.05, 3.63) is 23.8 Å². The van der Waals surface area contributed by atoms with Gasteiger partial charge in [0.1, 0.15) is 6.07 Å². The molecule has 0 aliphatic carbocycles. The standard InChI is InChI=1S/C11H11F2N5O/c1-2-19-10-7(12)3-6(4-8(10)13)17-18-9(5-14)11(15)16/h3-4,17H,2H2,1H3,(H3,15,16)/b18-9+. The second-order valence-electron chi connectivity index (χ2n) is 3.30. The maximum absolute atomic E-state index is 13.5. The monoisotopic (exact) mass is 267 g/mol. The quantitative estimate of drug-likeness (QED) is 0.427. The molecule has 1 aromatic rings. The minimum absolute atomic E-state index is 0.0348. The minimum atomic E-state index is -0.902. The van der Waals surface area contributed by atoms with Crippen LogP contribution in [0.2, 0.25) is 0 Å². The molecule has 6 nitrogen and oxygen atoms in total. The van der Waals surface area contributed by atoms with Gasteiger partial charge >= 0.3 is 0 Å². The van der Waals surface area contributed by atoms with Crippen molar-refractivity contribution in [1.29, 1.82) is 10.7 Å². The smallest absolute Gasteiger partial charge is 0.201 e. The zero-order valence-corrected chi connectivity index (χ0v) is 10.00. The fourth-order valence-electron chi connectivity index (χ4n) is 1.17. The Morgan fingerprint density at radius 2 is 2.11 bits per heavy atom. The molecule has 0 heterocycles. The van der Waals surface area contributed by atoms with Gasteiger partial charge in [0.25, 0.3) is 0 Å². The van der Waals surface area contributed by atoms with Gasteiger partial charge in [0.05, 0.1) is 12.3 Å². The van der Waals surface area contributed by atoms with Crippen molar-refractivity contribution in [3.8, 4) is 11.8 Å². The van der Waals surface area contributed by atoms with E-state index in [1.165, 1.54) is 0 Å². The number of hydrazone groups is 1. The Morgan fingerprint density at radius 1 is 1.53 bits per heavy atom. The molecule has 1 aromatic carbocycles. The van der Waals surface area contributed by atoms with Crippen LogP contribution in [0.25, 0.3) is 0 Å². The molecular formula is C11H11F2N5O. The number of amidine groups is 1. The summed E-state index contributed by atoms with van der Waals surface area (Å²) in [5.74, 6) is -2.84. The molecule has 0 saturated carbocycles. The van der Waals surface area contributed by atoms with E-state index in [1.54, 1.807) is 13.0 Å². The molecule has 0 bridgehead atoms. The largest absolute Gasteiger partial charge is 0.488 e. The van der Waals surface area contributed by atoms with Crippen molar-refractivity contribution in [2.75, 3.05) is 12.0 Å². The van der Waals surface area contributed by atoms with Crippen LogP contribution >= 0.6 is 0 Å². The Morgan fingerprint density at radius 3 is 2.53 bits per heavy atom. The summed E-state index contributed by atoms with van der Waals surface area (Å²) in [5, 5.41) is 19.0. The molecule has 0 unspecified atom stereocenters. The second kappa shape index (κ2) is 6.30. The van der Waals surface area contributed by atoms with E-state index in [9.17, 15) is 8.78 Å². The van der Waals surface area contributed by atoms with E-state index in [2.05, 4.69) is 10.5 Å². The highest BCUT2D eigenvalue weighted by Gasteiger charge is 2.12. The molecule has 0 aromatic heterocycles. The van der Waals surface area contributed by atoms with Gasteiger partial charge in [-0.3, -0.25) is 10.8 Å². The van der Waals surface area contributed by atoms with Crippen molar-refractivity contribution < 1.29 is 13.5 Å². The molecule has 0 saturated heterocycles. The van der Waals surface area contributed by atoms with E-state index >= 15 is 0 Å². The number of rotatable bonds is 5. The van der Waals surface area contributed by atoms with Crippen LogP contribution in [-0.2, 0) is 0 Å². The molecule has 0 radical (unpaired) electrons. The van der Waals surface area contributed by atoms with E-state index in [1.807, 2.05) is 0 Å². The summed E-state index contributed by atoms with van der Waals surface area (Å²) in [5.41, 5.74) is 6.87. The number of benzene rings is 1. The maximum atomic E-state index is 13.5. The van der Waals surface area contributed by atoms with Crippen LogP contribution in [0.15, 0.2) is 17.2 Å². The lowest BCUT2D eigenvalue weighted by Gasteiger charge is -2.08. The molecule has 4 N–H and O–H groups in total. The van der Waals surface area contributed by atoms with E-state index in [-0.39, 0.29) is 12.3 Å². The molecule has 19 heavy (non-hydrogen) atoms. The summed E-state index contributed by atoms with van der Waals surface area (Å²) in [6.45, 7) is 1.73. The van der Waals surface area contributed by atoms with Gasteiger partial charge < -0.3 is 10.5 Å². The van der Waals surface area contributed by atoms with E-state index in [0.717, 1.165) is 12.1 Å². The van der Waals surface area contributed by atoms with Crippen LogP contribution in [0.5, 0.6) is 5.75 Å². The molecule has 0 amide bonds. The van der Waals surface area contributed by atoms with Crippen molar-refractivity contribution >= 4 is 17.2 Å². The Bertz CT molecular complexity index is 542. The summed E-state index contributed by atoms with van der Waals surface area (Å²) in [7, 11) is 0. The summed E-state index contributed by atoms with van der Waals surface area (Å²) >= 11 is 0. The average Bonchev–Trinajstić information content (AvgIpc) is 2.34. The molecule has 0 fully saturated rings. The first-order chi connectivity index (χ1) is 8.99. The topological polar surface area (TPSA) is 107 Å². The number of hydrogen-bond acceptors (Lipinski definition) is 5. The number of ether oxygens (including phenoxy) is 1. The highest BCUT2D eigenvalue weighted by atomic mass is 19.1. The first-order valence-corrected chi connectivity index (χ1v) is 5.19. The molecule has 0 aliphatic rings. The molecular weight excluding hydrogens is 256 g/mol. The highest BCUT2D eigenvalue weighted by molar-refractivity contribution is 6.45. The third-order valence-electron chi connectivity index (χ3n) is 1.94. The van der Waals surface area contributed by atoms with Gasteiger partial charge in [0.2, 0.25) is 5.71 Å². The fraction of sp³-hybridized carbons (Fsp3) is 0.182. The molecule has 0 atom stereocenters. The van der Waals surface area contributed by atoms with Crippen molar-refractivity contribution in [2.24, 2.45) is 10.8 Å².